The van der Waals surface area contributed by atoms with Crippen LogP contribution in [0.1, 0.15) is 40.5 Å². The Balaban J connectivity index is 1.62. The molecule has 2 saturated heterocycles. The lowest BCUT2D eigenvalue weighted by Gasteiger charge is -2.32. The quantitative estimate of drug-likeness (QED) is 0.740. The summed E-state index contributed by atoms with van der Waals surface area (Å²) in [5.74, 6) is 0.313. The molecule has 0 bridgehead atoms. The van der Waals surface area contributed by atoms with E-state index in [1.807, 2.05) is 27.7 Å². The summed E-state index contributed by atoms with van der Waals surface area (Å²) in [6.07, 6.45) is 4.06. The van der Waals surface area contributed by atoms with Crippen LogP contribution in [0.5, 0.6) is 6.01 Å². The molecule has 2 aliphatic heterocycles. The standard InChI is InChI=1S/C15H23BN2O5S/c1-14(2)15(3,4)23-16(22-14)11-9-17-13(18-10-11)21-12-5-7-24(19,20)8-6-12/h9-10,12H,5-8H2,1-4H3. The van der Waals surface area contributed by atoms with E-state index in [4.69, 9.17) is 14.0 Å². The van der Waals surface area contributed by atoms with Crippen molar-refractivity contribution in [2.24, 2.45) is 0 Å². The molecule has 2 aliphatic rings. The molecule has 0 spiro atoms. The zero-order chi connectivity index (χ0) is 17.6. The van der Waals surface area contributed by atoms with E-state index in [1.54, 1.807) is 12.4 Å². The molecule has 1 aromatic heterocycles. The van der Waals surface area contributed by atoms with Crippen molar-refractivity contribution < 1.29 is 22.5 Å². The van der Waals surface area contributed by atoms with Gasteiger partial charge in [-0.05, 0) is 40.5 Å². The fourth-order valence-electron chi connectivity index (χ4n) is 2.62. The third-order valence-electron chi connectivity index (χ3n) is 4.95. The van der Waals surface area contributed by atoms with Crippen molar-refractivity contribution >= 4 is 22.4 Å². The Bertz CT molecular complexity index is 675. The monoisotopic (exact) mass is 354 g/mol. The second-order valence-electron chi connectivity index (χ2n) is 7.36. The number of rotatable bonds is 3. The summed E-state index contributed by atoms with van der Waals surface area (Å²) in [5.41, 5.74) is -0.104. The Labute approximate surface area is 143 Å². The van der Waals surface area contributed by atoms with Crippen LogP contribution in [0.2, 0.25) is 0 Å². The average molecular weight is 354 g/mol. The van der Waals surface area contributed by atoms with Crippen molar-refractivity contribution in [1.29, 1.82) is 0 Å². The van der Waals surface area contributed by atoms with E-state index < -0.39 is 28.2 Å². The van der Waals surface area contributed by atoms with E-state index in [0.29, 0.717) is 12.8 Å². The van der Waals surface area contributed by atoms with Crippen molar-refractivity contribution in [3.63, 3.8) is 0 Å². The molecule has 3 rings (SSSR count). The predicted molar refractivity (Wildman–Crippen MR) is 90.1 cm³/mol. The van der Waals surface area contributed by atoms with Crippen molar-refractivity contribution in [3.05, 3.63) is 12.4 Å². The summed E-state index contributed by atoms with van der Waals surface area (Å²) >= 11 is 0. The van der Waals surface area contributed by atoms with Crippen LogP contribution in [0.15, 0.2) is 12.4 Å². The normalized spacial score (nSPS) is 25.6. The van der Waals surface area contributed by atoms with Gasteiger partial charge in [-0.2, -0.15) is 0 Å². The van der Waals surface area contributed by atoms with Gasteiger partial charge in [-0.15, -0.1) is 0 Å². The van der Waals surface area contributed by atoms with E-state index in [-0.39, 0.29) is 23.6 Å². The maximum atomic E-state index is 11.4. The number of hydrogen-bond donors (Lipinski definition) is 0. The maximum Gasteiger partial charge on any atom is 0.498 e. The molecule has 0 aromatic carbocycles. The molecule has 9 heteroatoms. The molecule has 3 heterocycles. The predicted octanol–water partition coefficient (Wildman–Crippen LogP) is 0.732. The first-order valence-electron chi connectivity index (χ1n) is 8.13. The maximum absolute atomic E-state index is 11.4. The minimum atomic E-state index is -2.90. The van der Waals surface area contributed by atoms with Crippen LogP contribution in [0, 0.1) is 0 Å². The Kier molecular flexibility index (Phi) is 4.38. The Morgan fingerprint density at radius 2 is 1.58 bits per heavy atom. The summed E-state index contributed by atoms with van der Waals surface area (Å²) in [7, 11) is -3.41. The van der Waals surface area contributed by atoms with Crippen LogP contribution in [-0.2, 0) is 19.1 Å². The van der Waals surface area contributed by atoms with Crippen LogP contribution < -0.4 is 10.2 Å². The van der Waals surface area contributed by atoms with E-state index in [1.165, 1.54) is 0 Å². The number of sulfone groups is 1. The molecule has 1 aromatic rings. The number of nitrogens with zero attached hydrogens (tertiary/aromatic N) is 2. The highest BCUT2D eigenvalue weighted by atomic mass is 32.2. The molecule has 24 heavy (non-hydrogen) atoms. The number of aromatic nitrogens is 2. The van der Waals surface area contributed by atoms with Crippen molar-refractivity contribution in [1.82, 2.24) is 9.97 Å². The van der Waals surface area contributed by atoms with E-state index in [0.717, 1.165) is 5.46 Å². The van der Waals surface area contributed by atoms with E-state index in [2.05, 4.69) is 9.97 Å². The molecule has 0 amide bonds. The molecule has 0 N–H and O–H groups in total. The molecule has 0 atom stereocenters. The molecule has 132 valence electrons. The highest BCUT2D eigenvalue weighted by molar-refractivity contribution is 7.91. The second kappa shape index (κ2) is 5.96. The zero-order valence-electron chi connectivity index (χ0n) is 14.5. The fourth-order valence-corrected chi connectivity index (χ4v) is 4.07. The molecule has 2 fully saturated rings. The Morgan fingerprint density at radius 1 is 1.08 bits per heavy atom. The summed E-state index contributed by atoms with van der Waals surface area (Å²) in [5, 5.41) is 0. The third kappa shape index (κ3) is 3.57. The van der Waals surface area contributed by atoms with Crippen LogP contribution in [0.25, 0.3) is 0 Å². The minimum Gasteiger partial charge on any atom is -0.460 e. The molecular weight excluding hydrogens is 331 g/mol. The number of ether oxygens (including phenoxy) is 1. The SMILES string of the molecule is CC1(C)OB(c2cnc(OC3CCS(=O)(=O)CC3)nc2)OC1(C)C. The zero-order valence-corrected chi connectivity index (χ0v) is 15.3. The molecule has 7 nitrogen and oxygen atoms in total. The van der Waals surface area contributed by atoms with Crippen LogP contribution >= 0.6 is 0 Å². The lowest BCUT2D eigenvalue weighted by Crippen LogP contribution is -2.41. The molecule has 0 aliphatic carbocycles. The Hall–Kier alpha value is -1.19. The molecule has 0 radical (unpaired) electrons. The first-order chi connectivity index (χ1) is 11.1. The second-order valence-corrected chi connectivity index (χ2v) is 9.66. The van der Waals surface area contributed by atoms with Gasteiger partial charge >= 0.3 is 13.1 Å². The highest BCUT2D eigenvalue weighted by Gasteiger charge is 2.52. The topological polar surface area (TPSA) is 87.6 Å². The fraction of sp³-hybridized carbons (Fsp3) is 0.733. The third-order valence-corrected chi connectivity index (χ3v) is 6.66. The summed E-state index contributed by atoms with van der Waals surface area (Å²) < 4.78 is 40.4. The molecule has 0 unspecified atom stereocenters. The largest absolute Gasteiger partial charge is 0.498 e. The number of hydrogen-bond acceptors (Lipinski definition) is 7. The van der Waals surface area contributed by atoms with Gasteiger partial charge < -0.3 is 14.0 Å². The highest BCUT2D eigenvalue weighted by Crippen LogP contribution is 2.36. The van der Waals surface area contributed by atoms with Crippen molar-refractivity contribution in [3.8, 4) is 6.01 Å². The van der Waals surface area contributed by atoms with Gasteiger partial charge in [-0.25, -0.2) is 18.4 Å². The Morgan fingerprint density at radius 3 is 2.08 bits per heavy atom. The van der Waals surface area contributed by atoms with Gasteiger partial charge in [0, 0.05) is 17.9 Å². The van der Waals surface area contributed by atoms with Gasteiger partial charge in [-0.3, -0.25) is 0 Å². The molecular formula is C15H23BN2O5S. The lowest BCUT2D eigenvalue weighted by molar-refractivity contribution is 0.00578. The van der Waals surface area contributed by atoms with Gasteiger partial charge in [0.2, 0.25) is 0 Å². The lowest BCUT2D eigenvalue weighted by atomic mass is 9.81. The van der Waals surface area contributed by atoms with Gasteiger partial charge in [0.25, 0.3) is 0 Å². The summed E-state index contributed by atoms with van der Waals surface area (Å²) in [6.45, 7) is 7.95. The van der Waals surface area contributed by atoms with Gasteiger partial charge in [0.1, 0.15) is 6.10 Å². The van der Waals surface area contributed by atoms with Crippen molar-refractivity contribution in [2.45, 2.75) is 57.8 Å². The van der Waals surface area contributed by atoms with Gasteiger partial charge in [0.05, 0.1) is 22.7 Å². The minimum absolute atomic E-state index is 0.156. The van der Waals surface area contributed by atoms with Crippen molar-refractivity contribution in [2.75, 3.05) is 11.5 Å². The van der Waals surface area contributed by atoms with E-state index in [9.17, 15) is 8.42 Å². The van der Waals surface area contributed by atoms with Gasteiger partial charge in [-0.1, -0.05) is 0 Å². The smallest absolute Gasteiger partial charge is 0.460 e. The summed E-state index contributed by atoms with van der Waals surface area (Å²) in [4.78, 5) is 8.41. The average Bonchev–Trinajstić information content (AvgIpc) is 2.70. The van der Waals surface area contributed by atoms with E-state index >= 15 is 0 Å². The van der Waals surface area contributed by atoms with Gasteiger partial charge in [0.15, 0.2) is 9.84 Å². The van der Waals surface area contributed by atoms with Crippen LogP contribution in [-0.4, -0.2) is 54.3 Å². The van der Waals surface area contributed by atoms with Crippen LogP contribution in [0.4, 0.5) is 0 Å². The first-order valence-corrected chi connectivity index (χ1v) is 9.95. The van der Waals surface area contributed by atoms with Crippen LogP contribution in [0.3, 0.4) is 0 Å². The summed E-state index contributed by atoms with van der Waals surface area (Å²) in [6, 6.07) is 0.250. The molecule has 0 saturated carbocycles. The first kappa shape index (κ1) is 17.6.